The van der Waals surface area contributed by atoms with Crippen LogP contribution in [0.25, 0.3) is 0 Å². The Balaban J connectivity index is 2.22. The molecule has 2 rings (SSSR count). The van der Waals surface area contributed by atoms with Gasteiger partial charge in [-0.2, -0.15) is 0 Å². The molecule has 1 fully saturated rings. The van der Waals surface area contributed by atoms with E-state index in [-0.39, 0.29) is 30.9 Å². The third-order valence-electron chi connectivity index (χ3n) is 2.99. The van der Waals surface area contributed by atoms with Crippen LogP contribution in [0, 0.1) is 0 Å². The first-order valence-electron chi connectivity index (χ1n) is 5.57. The normalized spacial score (nSPS) is 22.2. The molecule has 1 aromatic carbocycles. The van der Waals surface area contributed by atoms with Crippen molar-refractivity contribution in [3.05, 3.63) is 28.2 Å². The highest BCUT2D eigenvalue weighted by atomic mass is 79.9. The summed E-state index contributed by atoms with van der Waals surface area (Å²) in [5.74, 6) is -2.00. The number of amides is 1. The number of phenols is 1. The average Bonchev–Trinajstić information content (AvgIpc) is 2.78. The monoisotopic (exact) mass is 329 g/mol. The van der Waals surface area contributed by atoms with Gasteiger partial charge in [0.15, 0.2) is 5.54 Å². The SMILES string of the molecule is O=C(NC1(C(=O)O)CCOC1)c1ccc(Br)cc1O. The van der Waals surface area contributed by atoms with Gasteiger partial charge in [0.05, 0.1) is 12.2 Å². The van der Waals surface area contributed by atoms with E-state index < -0.39 is 17.4 Å². The van der Waals surface area contributed by atoms with Gasteiger partial charge in [0.25, 0.3) is 5.91 Å². The Hall–Kier alpha value is -1.60. The van der Waals surface area contributed by atoms with Crippen LogP contribution in [0.3, 0.4) is 0 Å². The highest BCUT2D eigenvalue weighted by Gasteiger charge is 2.44. The maximum atomic E-state index is 12.0. The molecule has 1 aliphatic rings. The number of aliphatic carboxylic acids is 1. The molecule has 0 aliphatic carbocycles. The number of nitrogens with one attached hydrogen (secondary N) is 1. The Morgan fingerprint density at radius 3 is 2.68 bits per heavy atom. The standard InChI is InChI=1S/C12H12BrNO5/c13-7-1-2-8(9(15)5-7)10(16)14-12(11(17)18)3-4-19-6-12/h1-2,5,15H,3-4,6H2,(H,14,16)(H,17,18). The molecule has 1 amide bonds. The maximum Gasteiger partial charge on any atom is 0.331 e. The molecule has 3 N–H and O–H groups in total. The molecule has 1 heterocycles. The molecule has 1 aliphatic heterocycles. The van der Waals surface area contributed by atoms with Crippen LogP contribution in [-0.2, 0) is 9.53 Å². The average molecular weight is 330 g/mol. The van der Waals surface area contributed by atoms with Crippen LogP contribution in [-0.4, -0.2) is 40.8 Å². The molecule has 102 valence electrons. The van der Waals surface area contributed by atoms with E-state index in [4.69, 9.17) is 4.74 Å². The van der Waals surface area contributed by atoms with Crippen molar-refractivity contribution < 1.29 is 24.5 Å². The lowest BCUT2D eigenvalue weighted by molar-refractivity contribution is -0.144. The number of aromatic hydroxyl groups is 1. The Morgan fingerprint density at radius 2 is 2.16 bits per heavy atom. The number of carbonyl (C=O) groups is 2. The number of benzene rings is 1. The zero-order chi connectivity index (χ0) is 14.0. The molecule has 1 atom stereocenters. The van der Waals surface area contributed by atoms with Crippen molar-refractivity contribution in [2.24, 2.45) is 0 Å². The van der Waals surface area contributed by atoms with Crippen LogP contribution in [0.4, 0.5) is 0 Å². The zero-order valence-corrected chi connectivity index (χ0v) is 11.4. The van der Waals surface area contributed by atoms with E-state index in [1.807, 2.05) is 0 Å². The van der Waals surface area contributed by atoms with Gasteiger partial charge >= 0.3 is 5.97 Å². The third kappa shape index (κ3) is 2.71. The lowest BCUT2D eigenvalue weighted by atomic mass is 9.98. The minimum Gasteiger partial charge on any atom is -0.507 e. The van der Waals surface area contributed by atoms with Gasteiger partial charge < -0.3 is 20.3 Å². The second-order valence-corrected chi connectivity index (χ2v) is 5.22. The Labute approximate surface area is 117 Å². The van der Waals surface area contributed by atoms with Gasteiger partial charge in [-0.05, 0) is 18.2 Å². The summed E-state index contributed by atoms with van der Waals surface area (Å²) in [4.78, 5) is 23.3. The summed E-state index contributed by atoms with van der Waals surface area (Å²) in [6.45, 7) is 0.199. The molecule has 1 unspecified atom stereocenters. The Kier molecular flexibility index (Phi) is 3.77. The van der Waals surface area contributed by atoms with Gasteiger partial charge in [0.2, 0.25) is 0 Å². The Morgan fingerprint density at radius 1 is 1.42 bits per heavy atom. The quantitative estimate of drug-likeness (QED) is 0.772. The number of carboxylic acids is 1. The van der Waals surface area contributed by atoms with E-state index in [1.165, 1.54) is 12.1 Å². The number of ether oxygens (including phenoxy) is 1. The number of carboxylic acid groups (broad SMARTS) is 1. The second-order valence-electron chi connectivity index (χ2n) is 4.31. The number of carbonyl (C=O) groups excluding carboxylic acids is 1. The van der Waals surface area contributed by atoms with Gasteiger partial charge in [0, 0.05) is 17.5 Å². The summed E-state index contributed by atoms with van der Waals surface area (Å²) in [6, 6.07) is 4.38. The van der Waals surface area contributed by atoms with Crippen molar-refractivity contribution in [1.29, 1.82) is 0 Å². The fourth-order valence-corrected chi connectivity index (χ4v) is 2.22. The van der Waals surface area contributed by atoms with E-state index in [1.54, 1.807) is 6.07 Å². The molecule has 1 aromatic rings. The van der Waals surface area contributed by atoms with Gasteiger partial charge in [-0.25, -0.2) is 4.79 Å². The molecule has 7 heteroatoms. The fraction of sp³-hybridized carbons (Fsp3) is 0.333. The van der Waals surface area contributed by atoms with Crippen molar-refractivity contribution in [3.63, 3.8) is 0 Å². The molecule has 0 spiro atoms. The smallest absolute Gasteiger partial charge is 0.331 e. The molecule has 0 radical (unpaired) electrons. The van der Waals surface area contributed by atoms with Gasteiger partial charge in [0.1, 0.15) is 5.75 Å². The molecule has 1 saturated heterocycles. The van der Waals surface area contributed by atoms with Crippen molar-refractivity contribution in [2.45, 2.75) is 12.0 Å². The number of phenolic OH excluding ortho intramolecular Hbond substituents is 1. The fourth-order valence-electron chi connectivity index (χ4n) is 1.87. The van der Waals surface area contributed by atoms with Crippen molar-refractivity contribution in [2.75, 3.05) is 13.2 Å². The van der Waals surface area contributed by atoms with Crippen LogP contribution in [0.5, 0.6) is 5.75 Å². The summed E-state index contributed by atoms with van der Waals surface area (Å²) < 4.78 is 5.67. The van der Waals surface area contributed by atoms with Gasteiger partial charge in [-0.15, -0.1) is 0 Å². The van der Waals surface area contributed by atoms with Crippen LogP contribution < -0.4 is 5.32 Å². The number of hydrogen-bond acceptors (Lipinski definition) is 4. The number of rotatable bonds is 3. The summed E-state index contributed by atoms with van der Waals surface area (Å²) in [6.07, 6.45) is 0.200. The predicted octanol–water partition coefficient (Wildman–Crippen LogP) is 1.13. The molecule has 0 saturated carbocycles. The van der Waals surface area contributed by atoms with E-state index >= 15 is 0 Å². The van der Waals surface area contributed by atoms with Gasteiger partial charge in [-0.1, -0.05) is 15.9 Å². The molecular weight excluding hydrogens is 318 g/mol. The van der Waals surface area contributed by atoms with E-state index in [0.29, 0.717) is 4.47 Å². The summed E-state index contributed by atoms with van der Waals surface area (Å²) in [5.41, 5.74) is -1.40. The first kappa shape index (κ1) is 13.8. The summed E-state index contributed by atoms with van der Waals surface area (Å²) >= 11 is 3.16. The van der Waals surface area contributed by atoms with Gasteiger partial charge in [-0.3, -0.25) is 4.79 Å². The zero-order valence-electron chi connectivity index (χ0n) is 9.85. The largest absolute Gasteiger partial charge is 0.507 e. The van der Waals surface area contributed by atoms with Crippen molar-refractivity contribution >= 4 is 27.8 Å². The lowest BCUT2D eigenvalue weighted by Crippen LogP contribution is -2.55. The molecule has 0 aromatic heterocycles. The minimum absolute atomic E-state index is 0.0238. The number of hydrogen-bond donors (Lipinski definition) is 3. The third-order valence-corrected chi connectivity index (χ3v) is 3.48. The topological polar surface area (TPSA) is 95.9 Å². The molecule has 6 nitrogen and oxygen atoms in total. The van der Waals surface area contributed by atoms with Crippen LogP contribution >= 0.6 is 15.9 Å². The van der Waals surface area contributed by atoms with Crippen molar-refractivity contribution in [3.8, 4) is 5.75 Å². The van der Waals surface area contributed by atoms with Crippen LogP contribution in [0.1, 0.15) is 16.8 Å². The van der Waals surface area contributed by atoms with E-state index in [9.17, 15) is 19.8 Å². The highest BCUT2D eigenvalue weighted by molar-refractivity contribution is 9.10. The first-order chi connectivity index (χ1) is 8.94. The molecule has 0 bridgehead atoms. The predicted molar refractivity (Wildman–Crippen MR) is 69.1 cm³/mol. The molecular formula is C12H12BrNO5. The lowest BCUT2D eigenvalue weighted by Gasteiger charge is -2.23. The number of halogens is 1. The summed E-state index contributed by atoms with van der Waals surface area (Å²) in [5, 5.41) is 21.3. The van der Waals surface area contributed by atoms with Crippen LogP contribution in [0.15, 0.2) is 22.7 Å². The molecule has 19 heavy (non-hydrogen) atoms. The minimum atomic E-state index is -1.42. The van der Waals surface area contributed by atoms with Crippen molar-refractivity contribution in [1.82, 2.24) is 5.32 Å². The summed E-state index contributed by atoms with van der Waals surface area (Å²) in [7, 11) is 0. The van der Waals surface area contributed by atoms with E-state index in [2.05, 4.69) is 21.2 Å². The highest BCUT2D eigenvalue weighted by Crippen LogP contribution is 2.24. The Bertz CT molecular complexity index is 525. The maximum absolute atomic E-state index is 12.0. The first-order valence-corrected chi connectivity index (χ1v) is 6.36. The van der Waals surface area contributed by atoms with E-state index in [0.717, 1.165) is 0 Å². The second kappa shape index (κ2) is 5.18. The van der Waals surface area contributed by atoms with Crippen LogP contribution in [0.2, 0.25) is 0 Å².